The zero-order valence-electron chi connectivity index (χ0n) is 16.6. The van der Waals surface area contributed by atoms with Crippen molar-refractivity contribution in [3.63, 3.8) is 0 Å². The van der Waals surface area contributed by atoms with Gasteiger partial charge in [0.25, 0.3) is 5.56 Å². The molecule has 152 valence electrons. The maximum atomic E-state index is 12.5. The summed E-state index contributed by atoms with van der Waals surface area (Å²) in [6, 6.07) is 0. The van der Waals surface area contributed by atoms with Crippen molar-refractivity contribution in [2.24, 2.45) is 11.7 Å². The number of aryl methyl sites for hydroxylation is 2. The molecule has 0 aliphatic heterocycles. The maximum absolute atomic E-state index is 12.5. The molecule has 27 heavy (non-hydrogen) atoms. The molecule has 0 aromatic carbocycles. The number of amides is 1. The summed E-state index contributed by atoms with van der Waals surface area (Å²) >= 11 is 2.98. The van der Waals surface area contributed by atoms with Crippen LogP contribution in [-0.2, 0) is 10.5 Å². The van der Waals surface area contributed by atoms with Crippen LogP contribution in [0.5, 0.6) is 0 Å². The number of hydrogen-bond acceptors (Lipinski definition) is 6. The highest BCUT2D eigenvalue weighted by molar-refractivity contribution is 7.99. The Kier molecular flexibility index (Phi) is 8.34. The number of nitrogens with two attached hydrogens (primary N) is 1. The second-order valence-corrected chi connectivity index (χ2v) is 9.73. The molecule has 0 radical (unpaired) electrons. The van der Waals surface area contributed by atoms with E-state index in [1.54, 1.807) is 0 Å². The first-order valence-corrected chi connectivity index (χ1v) is 10.6. The molecule has 0 aliphatic rings. The Morgan fingerprint density at radius 1 is 1.37 bits per heavy atom. The summed E-state index contributed by atoms with van der Waals surface area (Å²) < 4.78 is 0. The summed E-state index contributed by atoms with van der Waals surface area (Å²) in [5.74, 6) is 1.25. The number of carbonyl (C=O) groups excluding carboxylic acids is 1. The molecule has 0 saturated carbocycles. The largest absolute Gasteiger partial charge is 0.348 e. The van der Waals surface area contributed by atoms with E-state index in [2.05, 4.69) is 15.3 Å². The minimum atomic E-state index is -0.427. The SMILES string of the molecule is Cc1sc2nc(CSC(C)C(=O)NC(C)(CN)C(C)C)[nH]c(=O)c2c1C.Cl. The smallest absolute Gasteiger partial charge is 0.259 e. The summed E-state index contributed by atoms with van der Waals surface area (Å²) in [7, 11) is 0. The van der Waals surface area contributed by atoms with E-state index in [9.17, 15) is 9.59 Å². The van der Waals surface area contributed by atoms with Gasteiger partial charge in [-0.2, -0.15) is 0 Å². The van der Waals surface area contributed by atoms with Crippen LogP contribution in [0.3, 0.4) is 0 Å². The lowest BCUT2D eigenvalue weighted by atomic mass is 9.88. The molecule has 0 spiro atoms. The zero-order chi connectivity index (χ0) is 19.6. The number of H-pyrrole nitrogens is 1. The van der Waals surface area contributed by atoms with Crippen molar-refractivity contribution in [3.05, 3.63) is 26.6 Å². The lowest BCUT2D eigenvalue weighted by Crippen LogP contribution is -2.56. The number of halogens is 1. The summed E-state index contributed by atoms with van der Waals surface area (Å²) in [5, 5.41) is 3.45. The van der Waals surface area contributed by atoms with Gasteiger partial charge in [0.2, 0.25) is 5.91 Å². The second kappa shape index (κ2) is 9.41. The van der Waals surface area contributed by atoms with Crippen LogP contribution in [0.1, 0.15) is 44.0 Å². The Morgan fingerprint density at radius 3 is 2.56 bits per heavy atom. The molecule has 0 fully saturated rings. The Morgan fingerprint density at radius 2 is 2.00 bits per heavy atom. The van der Waals surface area contributed by atoms with Gasteiger partial charge in [0.1, 0.15) is 10.7 Å². The highest BCUT2D eigenvalue weighted by Gasteiger charge is 2.30. The van der Waals surface area contributed by atoms with Crippen molar-refractivity contribution in [2.45, 2.75) is 58.1 Å². The third-order valence-electron chi connectivity index (χ3n) is 5.03. The van der Waals surface area contributed by atoms with Gasteiger partial charge in [-0.05, 0) is 39.2 Å². The van der Waals surface area contributed by atoms with Crippen molar-refractivity contribution in [3.8, 4) is 0 Å². The van der Waals surface area contributed by atoms with Gasteiger partial charge in [0.05, 0.1) is 21.9 Å². The minimum absolute atomic E-state index is 0. The molecule has 0 bridgehead atoms. The molecule has 2 heterocycles. The highest BCUT2D eigenvalue weighted by Crippen LogP contribution is 2.26. The van der Waals surface area contributed by atoms with Gasteiger partial charge in [-0.3, -0.25) is 9.59 Å². The Labute approximate surface area is 174 Å². The first-order chi connectivity index (χ1) is 12.1. The molecule has 2 aromatic rings. The molecule has 2 atom stereocenters. The van der Waals surface area contributed by atoms with Crippen molar-refractivity contribution >= 4 is 51.6 Å². The molecule has 2 aromatic heterocycles. The van der Waals surface area contributed by atoms with Gasteiger partial charge >= 0.3 is 0 Å². The summed E-state index contributed by atoms with van der Waals surface area (Å²) in [6.45, 7) is 12.2. The monoisotopic (exact) mass is 432 g/mol. The lowest BCUT2D eigenvalue weighted by molar-refractivity contribution is -0.122. The fourth-order valence-electron chi connectivity index (χ4n) is 2.46. The fraction of sp³-hybridized carbons (Fsp3) is 0.611. The van der Waals surface area contributed by atoms with Gasteiger partial charge in [0, 0.05) is 11.4 Å². The molecule has 4 N–H and O–H groups in total. The molecule has 1 amide bonds. The van der Waals surface area contributed by atoms with Crippen LogP contribution in [0.25, 0.3) is 10.2 Å². The predicted octanol–water partition coefficient (Wildman–Crippen LogP) is 3.13. The van der Waals surface area contributed by atoms with Crippen LogP contribution >= 0.6 is 35.5 Å². The van der Waals surface area contributed by atoms with Crippen LogP contribution < -0.4 is 16.6 Å². The Bertz CT molecular complexity index is 865. The van der Waals surface area contributed by atoms with Crippen LogP contribution in [0.2, 0.25) is 0 Å². The van der Waals surface area contributed by atoms with Gasteiger partial charge in [-0.25, -0.2) is 4.98 Å². The molecule has 6 nitrogen and oxygen atoms in total. The van der Waals surface area contributed by atoms with Crippen LogP contribution in [-0.4, -0.2) is 33.2 Å². The number of thiophene rings is 1. The molecular formula is C18H29ClN4O2S2. The van der Waals surface area contributed by atoms with Crippen LogP contribution in [0.4, 0.5) is 0 Å². The van der Waals surface area contributed by atoms with Crippen molar-refractivity contribution in [1.82, 2.24) is 15.3 Å². The average molecular weight is 433 g/mol. The average Bonchev–Trinajstić information content (AvgIpc) is 2.86. The summed E-state index contributed by atoms with van der Waals surface area (Å²) in [5.41, 5.74) is 6.28. The van der Waals surface area contributed by atoms with Crippen molar-refractivity contribution in [2.75, 3.05) is 6.54 Å². The number of fused-ring (bicyclic) bond motifs is 1. The Balaban J connectivity index is 0.00000364. The number of carbonyl (C=O) groups is 1. The second-order valence-electron chi connectivity index (χ2n) is 7.19. The quantitative estimate of drug-likeness (QED) is 0.623. The number of nitrogens with one attached hydrogen (secondary N) is 2. The van der Waals surface area contributed by atoms with E-state index in [-0.39, 0.29) is 35.0 Å². The highest BCUT2D eigenvalue weighted by atomic mass is 35.5. The van der Waals surface area contributed by atoms with E-state index in [1.165, 1.54) is 23.1 Å². The van der Waals surface area contributed by atoms with E-state index in [1.807, 2.05) is 41.5 Å². The van der Waals surface area contributed by atoms with Crippen molar-refractivity contribution in [1.29, 1.82) is 0 Å². The summed E-state index contributed by atoms with van der Waals surface area (Å²) in [4.78, 5) is 34.1. The van der Waals surface area contributed by atoms with Gasteiger partial charge < -0.3 is 16.0 Å². The predicted molar refractivity (Wildman–Crippen MR) is 118 cm³/mol. The topological polar surface area (TPSA) is 101 Å². The summed E-state index contributed by atoms with van der Waals surface area (Å²) in [6.07, 6.45) is 0. The fourth-order valence-corrected chi connectivity index (χ4v) is 4.27. The molecular weight excluding hydrogens is 404 g/mol. The third-order valence-corrected chi connectivity index (χ3v) is 7.29. The van der Waals surface area contributed by atoms with E-state index in [0.717, 1.165) is 15.3 Å². The number of hydrogen-bond donors (Lipinski definition) is 3. The van der Waals surface area contributed by atoms with Gasteiger partial charge in [-0.1, -0.05) is 13.8 Å². The molecule has 0 aliphatic carbocycles. The zero-order valence-corrected chi connectivity index (χ0v) is 19.1. The van der Waals surface area contributed by atoms with E-state index in [0.29, 0.717) is 23.5 Å². The number of aromatic nitrogens is 2. The lowest BCUT2D eigenvalue weighted by Gasteiger charge is -2.34. The van der Waals surface area contributed by atoms with Crippen LogP contribution in [0.15, 0.2) is 4.79 Å². The maximum Gasteiger partial charge on any atom is 0.259 e. The van der Waals surface area contributed by atoms with Gasteiger partial charge in [0.15, 0.2) is 0 Å². The Hall–Kier alpha value is -1.09. The van der Waals surface area contributed by atoms with E-state index < -0.39 is 5.54 Å². The normalized spacial score (nSPS) is 14.7. The van der Waals surface area contributed by atoms with Crippen LogP contribution in [0, 0.1) is 19.8 Å². The number of rotatable bonds is 7. The number of nitrogens with zero attached hydrogens (tertiary/aromatic N) is 1. The molecule has 0 saturated heterocycles. The van der Waals surface area contributed by atoms with E-state index in [4.69, 9.17) is 5.73 Å². The van der Waals surface area contributed by atoms with Crippen molar-refractivity contribution < 1.29 is 4.79 Å². The molecule has 2 unspecified atom stereocenters. The standard InChI is InChI=1S/C18H28N4O2S2.ClH/c1-9(2)18(6,8-19)22-15(23)12(5)25-7-13-20-16(24)14-10(3)11(4)26-17(14)21-13;/h9,12H,7-8,19H2,1-6H3,(H,22,23)(H,20,21,24);1H. The number of thioether (sulfide) groups is 1. The van der Waals surface area contributed by atoms with E-state index >= 15 is 0 Å². The third kappa shape index (κ3) is 5.25. The van der Waals surface area contributed by atoms with Gasteiger partial charge in [-0.15, -0.1) is 35.5 Å². The number of aromatic amines is 1. The first-order valence-electron chi connectivity index (χ1n) is 8.71. The molecule has 2 rings (SSSR count). The first kappa shape index (κ1) is 23.9. The minimum Gasteiger partial charge on any atom is -0.348 e. The molecule has 9 heteroatoms.